The van der Waals surface area contributed by atoms with E-state index in [1.54, 1.807) is 37.3 Å². The average Bonchev–Trinajstić information content (AvgIpc) is 2.30. The molecule has 0 radical (unpaired) electrons. The van der Waals surface area contributed by atoms with Crippen LogP contribution in [0, 0.1) is 5.92 Å². The minimum absolute atomic E-state index is 0.319. The van der Waals surface area contributed by atoms with Crippen LogP contribution in [0.5, 0.6) is 0 Å². The van der Waals surface area contributed by atoms with Crippen molar-refractivity contribution in [1.29, 1.82) is 0 Å². The summed E-state index contributed by atoms with van der Waals surface area (Å²) in [5.41, 5.74) is -0.822. The van der Waals surface area contributed by atoms with Crippen molar-refractivity contribution in [2.75, 3.05) is 6.61 Å². The Morgan fingerprint density at radius 2 is 2.24 bits per heavy atom. The lowest BCUT2D eigenvalue weighted by Gasteiger charge is -2.31. The Labute approximate surface area is 101 Å². The Hall–Kier alpha value is -1.67. The molecule has 0 bridgehead atoms. The fraction of sp³-hybridized carbons (Fsp3) is 0.538. The molecule has 4 nitrogen and oxygen atoms in total. The summed E-state index contributed by atoms with van der Waals surface area (Å²) in [5.74, 6) is -0.880. The van der Waals surface area contributed by atoms with Crippen LogP contribution in [0.15, 0.2) is 29.3 Å². The molecule has 17 heavy (non-hydrogen) atoms. The highest BCUT2D eigenvalue weighted by atomic mass is 16.5. The molecule has 1 aliphatic carbocycles. The molecule has 0 heterocycles. The van der Waals surface area contributed by atoms with Crippen molar-refractivity contribution in [2.45, 2.75) is 32.2 Å². The highest BCUT2D eigenvalue weighted by molar-refractivity contribution is 5.78. The van der Waals surface area contributed by atoms with Crippen LogP contribution in [0.4, 0.5) is 0 Å². The van der Waals surface area contributed by atoms with E-state index in [4.69, 9.17) is 4.74 Å². The number of ether oxygens (including phenoxy) is 1. The Morgan fingerprint density at radius 3 is 2.82 bits per heavy atom. The quantitative estimate of drug-likeness (QED) is 0.417. The smallest absolute Gasteiger partial charge is 0.315 e. The van der Waals surface area contributed by atoms with Gasteiger partial charge in [-0.3, -0.25) is 4.79 Å². The van der Waals surface area contributed by atoms with Gasteiger partial charge in [0.15, 0.2) is 0 Å². The molecule has 0 saturated carbocycles. The van der Waals surface area contributed by atoms with Gasteiger partial charge in [-0.05, 0) is 13.3 Å². The molecule has 0 aliphatic heterocycles. The maximum absolute atomic E-state index is 11.9. The van der Waals surface area contributed by atoms with Crippen LogP contribution in [0.1, 0.15) is 26.7 Å². The minimum Gasteiger partial charge on any atom is -0.465 e. The summed E-state index contributed by atoms with van der Waals surface area (Å²) in [7, 11) is 0. The number of hydrogen-bond acceptors (Lipinski definition) is 4. The SMILES string of the molecule is CCCC1(N=C=O)C=CC=CC1C(=O)OCC. The molecule has 1 rings (SSSR count). The summed E-state index contributed by atoms with van der Waals surface area (Å²) in [6, 6.07) is 0. The van der Waals surface area contributed by atoms with E-state index in [1.807, 2.05) is 6.92 Å². The fourth-order valence-corrected chi connectivity index (χ4v) is 2.07. The third-order valence-corrected chi connectivity index (χ3v) is 2.78. The van der Waals surface area contributed by atoms with Gasteiger partial charge in [0.25, 0.3) is 0 Å². The monoisotopic (exact) mass is 235 g/mol. The van der Waals surface area contributed by atoms with Gasteiger partial charge in [-0.1, -0.05) is 37.6 Å². The number of rotatable bonds is 5. The second kappa shape index (κ2) is 6.16. The molecular weight excluding hydrogens is 218 g/mol. The first kappa shape index (κ1) is 13.4. The molecule has 92 valence electrons. The Kier molecular flexibility index (Phi) is 4.85. The zero-order valence-corrected chi connectivity index (χ0v) is 10.2. The van der Waals surface area contributed by atoms with Gasteiger partial charge >= 0.3 is 5.97 Å². The van der Waals surface area contributed by atoms with Crippen molar-refractivity contribution < 1.29 is 14.3 Å². The van der Waals surface area contributed by atoms with Crippen molar-refractivity contribution >= 4 is 12.0 Å². The van der Waals surface area contributed by atoms with E-state index in [0.29, 0.717) is 13.0 Å². The predicted octanol–water partition coefficient (Wildman–Crippen LogP) is 2.17. The summed E-state index contributed by atoms with van der Waals surface area (Å²) in [4.78, 5) is 26.3. The van der Waals surface area contributed by atoms with Gasteiger partial charge in [0.2, 0.25) is 6.08 Å². The first-order valence-corrected chi connectivity index (χ1v) is 5.82. The van der Waals surface area contributed by atoms with Gasteiger partial charge in [0, 0.05) is 0 Å². The molecule has 0 aromatic rings. The first-order chi connectivity index (χ1) is 8.20. The Bertz CT molecular complexity index is 380. The highest BCUT2D eigenvalue weighted by Gasteiger charge is 2.41. The average molecular weight is 235 g/mol. The maximum atomic E-state index is 11.9. The molecule has 2 atom stereocenters. The van der Waals surface area contributed by atoms with Crippen molar-refractivity contribution in [2.24, 2.45) is 10.9 Å². The number of nitrogens with zero attached hydrogens (tertiary/aromatic N) is 1. The number of aliphatic imine (C=N–C) groups is 1. The van der Waals surface area contributed by atoms with Crippen LogP contribution in [0.3, 0.4) is 0 Å². The number of allylic oxidation sites excluding steroid dienone is 2. The van der Waals surface area contributed by atoms with E-state index in [2.05, 4.69) is 4.99 Å². The lowest BCUT2D eigenvalue weighted by Crippen LogP contribution is -2.40. The molecule has 1 aliphatic rings. The van der Waals surface area contributed by atoms with Gasteiger partial charge in [0.1, 0.15) is 11.5 Å². The minimum atomic E-state index is -0.822. The lowest BCUT2D eigenvalue weighted by molar-refractivity contribution is -0.147. The molecule has 0 N–H and O–H groups in total. The second-order valence-electron chi connectivity index (χ2n) is 3.92. The predicted molar refractivity (Wildman–Crippen MR) is 64.2 cm³/mol. The van der Waals surface area contributed by atoms with E-state index in [1.165, 1.54) is 0 Å². The Morgan fingerprint density at radius 1 is 1.47 bits per heavy atom. The third-order valence-electron chi connectivity index (χ3n) is 2.78. The normalized spacial score (nSPS) is 26.4. The molecule has 0 amide bonds. The van der Waals surface area contributed by atoms with Crippen LogP contribution < -0.4 is 0 Å². The van der Waals surface area contributed by atoms with E-state index >= 15 is 0 Å². The van der Waals surface area contributed by atoms with Crippen LogP contribution in [0.2, 0.25) is 0 Å². The first-order valence-electron chi connectivity index (χ1n) is 5.82. The molecule has 0 saturated heterocycles. The van der Waals surface area contributed by atoms with Gasteiger partial charge < -0.3 is 4.74 Å². The molecule has 0 fully saturated rings. The molecule has 2 unspecified atom stereocenters. The highest BCUT2D eigenvalue weighted by Crippen LogP contribution is 2.33. The van der Waals surface area contributed by atoms with Crippen molar-refractivity contribution in [1.82, 2.24) is 0 Å². The van der Waals surface area contributed by atoms with Crippen LogP contribution in [-0.2, 0) is 14.3 Å². The van der Waals surface area contributed by atoms with Crippen LogP contribution >= 0.6 is 0 Å². The largest absolute Gasteiger partial charge is 0.465 e. The number of hydrogen-bond donors (Lipinski definition) is 0. The molecule has 0 aromatic heterocycles. The van der Waals surface area contributed by atoms with Gasteiger partial charge in [-0.15, -0.1) is 0 Å². The maximum Gasteiger partial charge on any atom is 0.315 e. The number of isocyanates is 1. The molecule has 0 aromatic carbocycles. The summed E-state index contributed by atoms with van der Waals surface area (Å²) < 4.78 is 5.02. The molecular formula is C13H17NO3. The topological polar surface area (TPSA) is 55.7 Å². The fourth-order valence-electron chi connectivity index (χ4n) is 2.07. The standard InChI is InChI=1S/C13H17NO3/c1-3-8-13(14-10-15)9-6-5-7-11(13)12(16)17-4-2/h5-7,9,11H,3-4,8H2,1-2H3. The van der Waals surface area contributed by atoms with Crippen LogP contribution in [-0.4, -0.2) is 24.2 Å². The van der Waals surface area contributed by atoms with Crippen molar-refractivity contribution in [3.05, 3.63) is 24.3 Å². The molecule has 0 spiro atoms. The Balaban J connectivity index is 3.05. The van der Waals surface area contributed by atoms with Gasteiger partial charge in [-0.2, -0.15) is 4.99 Å². The third kappa shape index (κ3) is 2.92. The van der Waals surface area contributed by atoms with Gasteiger partial charge in [0.05, 0.1) is 6.61 Å². The number of carbonyl (C=O) groups is 1. The lowest BCUT2D eigenvalue weighted by atomic mass is 9.78. The van der Waals surface area contributed by atoms with Crippen LogP contribution in [0.25, 0.3) is 0 Å². The summed E-state index contributed by atoms with van der Waals surface area (Å²) >= 11 is 0. The zero-order valence-electron chi connectivity index (χ0n) is 10.2. The van der Waals surface area contributed by atoms with E-state index in [-0.39, 0.29) is 5.97 Å². The molecule has 4 heteroatoms. The number of esters is 1. The van der Waals surface area contributed by atoms with Gasteiger partial charge in [-0.25, -0.2) is 4.79 Å². The van der Waals surface area contributed by atoms with Crippen molar-refractivity contribution in [3.8, 4) is 0 Å². The summed E-state index contributed by atoms with van der Waals surface area (Å²) in [5, 5.41) is 0. The number of carbonyl (C=O) groups excluding carboxylic acids is 2. The summed E-state index contributed by atoms with van der Waals surface area (Å²) in [6.45, 7) is 4.06. The zero-order chi connectivity index (χ0) is 12.7. The van der Waals surface area contributed by atoms with E-state index in [9.17, 15) is 9.59 Å². The van der Waals surface area contributed by atoms with E-state index in [0.717, 1.165) is 6.42 Å². The van der Waals surface area contributed by atoms with E-state index < -0.39 is 11.5 Å². The van der Waals surface area contributed by atoms with Crippen molar-refractivity contribution in [3.63, 3.8) is 0 Å². The second-order valence-corrected chi connectivity index (χ2v) is 3.92. The summed E-state index contributed by atoms with van der Waals surface area (Å²) in [6.07, 6.45) is 10.1.